The molecule has 0 aromatic heterocycles. The molecule has 0 fully saturated rings. The molecule has 0 N–H and O–H groups in total. The number of hydrogen-bond acceptors (Lipinski definition) is 4. The first kappa shape index (κ1) is 20.5. The van der Waals surface area contributed by atoms with Gasteiger partial charge in [0.1, 0.15) is 0 Å². The molecule has 0 rings (SSSR count). The van der Waals surface area contributed by atoms with Crippen LogP contribution in [0, 0.1) is 5.92 Å². The van der Waals surface area contributed by atoms with Gasteiger partial charge in [-0.25, -0.2) is 4.79 Å². The van der Waals surface area contributed by atoms with Gasteiger partial charge >= 0.3 is 29.7 Å². The molecule has 0 spiro atoms. The summed E-state index contributed by atoms with van der Waals surface area (Å²) in [6, 6.07) is 0. The number of esters is 2. The molecule has 0 aliphatic carbocycles. The van der Waals surface area contributed by atoms with Gasteiger partial charge in [0, 0.05) is 6.92 Å². The lowest BCUT2D eigenvalue weighted by Crippen LogP contribution is -2.55. The molecule has 1 atom stereocenters. The maximum atomic E-state index is 13.0. The van der Waals surface area contributed by atoms with Crippen LogP contribution in [0.5, 0.6) is 0 Å². The predicted molar refractivity (Wildman–Crippen MR) is 61.9 cm³/mol. The Bertz CT molecular complexity index is 405. The lowest BCUT2D eigenvalue weighted by molar-refractivity contribution is -0.311. The molecule has 1 unspecified atom stereocenters. The summed E-state index contributed by atoms with van der Waals surface area (Å²) in [4.78, 5) is 22.2. The molecule has 0 bridgehead atoms. The van der Waals surface area contributed by atoms with Gasteiger partial charge in [-0.1, -0.05) is 13.8 Å². The van der Waals surface area contributed by atoms with Crippen LogP contribution in [0.1, 0.15) is 27.2 Å². The molecule has 0 saturated carbocycles. The number of carbonyl (C=O) groups excluding carboxylic acids is 2. The maximum absolute atomic E-state index is 13.0. The summed E-state index contributed by atoms with van der Waals surface area (Å²) in [6.45, 7) is -0.587. The third kappa shape index (κ3) is 5.06. The topological polar surface area (TPSA) is 52.6 Å². The molecule has 0 aliphatic heterocycles. The van der Waals surface area contributed by atoms with E-state index in [-0.39, 0.29) is 6.92 Å². The zero-order chi connectivity index (χ0) is 17.8. The standard InChI is InChI=1S/C12H16F6O4/c1-4-7(2)9(20)21-5-8(19)22-6-11(15,16)12(17,18)10(3,13)14/h7H,4-6H2,1-3H3. The summed E-state index contributed by atoms with van der Waals surface area (Å²) in [6.07, 6.45) is 0.393. The summed E-state index contributed by atoms with van der Waals surface area (Å²) >= 11 is 0. The summed E-state index contributed by atoms with van der Waals surface area (Å²) < 4.78 is 84.8. The van der Waals surface area contributed by atoms with Gasteiger partial charge in [0.15, 0.2) is 13.2 Å². The average Bonchev–Trinajstić information content (AvgIpc) is 2.40. The Morgan fingerprint density at radius 2 is 1.55 bits per heavy atom. The highest BCUT2D eigenvalue weighted by molar-refractivity contribution is 5.77. The van der Waals surface area contributed by atoms with E-state index in [9.17, 15) is 35.9 Å². The molecule has 0 aliphatic rings. The van der Waals surface area contributed by atoms with Crippen molar-refractivity contribution in [3.05, 3.63) is 0 Å². The van der Waals surface area contributed by atoms with E-state index >= 15 is 0 Å². The third-order valence-corrected chi connectivity index (χ3v) is 2.77. The van der Waals surface area contributed by atoms with Gasteiger partial charge in [0.2, 0.25) is 0 Å². The Morgan fingerprint density at radius 1 is 1.05 bits per heavy atom. The fourth-order valence-corrected chi connectivity index (χ4v) is 1.06. The molecule has 4 nitrogen and oxygen atoms in total. The Labute approximate surface area is 122 Å². The zero-order valence-corrected chi connectivity index (χ0v) is 12.1. The Hall–Kier alpha value is -1.48. The first-order valence-electron chi connectivity index (χ1n) is 6.22. The van der Waals surface area contributed by atoms with E-state index in [1.807, 2.05) is 0 Å². The van der Waals surface area contributed by atoms with Crippen molar-refractivity contribution >= 4 is 11.9 Å². The molecular weight excluding hydrogens is 322 g/mol. The highest BCUT2D eigenvalue weighted by atomic mass is 19.3. The van der Waals surface area contributed by atoms with E-state index < -0.39 is 48.8 Å². The largest absolute Gasteiger partial charge is 0.456 e. The SMILES string of the molecule is CCC(C)C(=O)OCC(=O)OCC(F)(F)C(F)(F)C(C)(F)F. The van der Waals surface area contributed by atoms with Crippen LogP contribution in [-0.4, -0.2) is 42.9 Å². The van der Waals surface area contributed by atoms with Crippen LogP contribution in [0.25, 0.3) is 0 Å². The first-order chi connectivity index (χ1) is 9.76. The number of carbonyl (C=O) groups is 2. The summed E-state index contributed by atoms with van der Waals surface area (Å²) in [5.41, 5.74) is 0. The number of halogens is 6. The molecule has 0 amide bonds. The highest BCUT2D eigenvalue weighted by Gasteiger charge is 2.69. The van der Waals surface area contributed by atoms with Crippen molar-refractivity contribution in [3.8, 4) is 0 Å². The highest BCUT2D eigenvalue weighted by Crippen LogP contribution is 2.45. The Balaban J connectivity index is 4.49. The molecule has 0 aromatic carbocycles. The van der Waals surface area contributed by atoms with Crippen molar-refractivity contribution < 1.29 is 45.4 Å². The molecule has 130 valence electrons. The third-order valence-electron chi connectivity index (χ3n) is 2.77. The Kier molecular flexibility index (Phi) is 6.70. The van der Waals surface area contributed by atoms with Gasteiger partial charge in [-0.05, 0) is 6.42 Å². The number of hydrogen-bond donors (Lipinski definition) is 0. The van der Waals surface area contributed by atoms with E-state index in [1.54, 1.807) is 6.92 Å². The van der Waals surface area contributed by atoms with Crippen molar-refractivity contribution in [2.75, 3.05) is 13.2 Å². The van der Waals surface area contributed by atoms with Gasteiger partial charge < -0.3 is 9.47 Å². The lowest BCUT2D eigenvalue weighted by atomic mass is 10.1. The first-order valence-corrected chi connectivity index (χ1v) is 6.22. The summed E-state index contributed by atoms with van der Waals surface area (Å²) in [5.74, 6) is -18.9. The zero-order valence-electron chi connectivity index (χ0n) is 12.1. The average molecular weight is 338 g/mol. The van der Waals surface area contributed by atoms with Crippen LogP contribution >= 0.6 is 0 Å². The normalized spacial score (nSPS) is 14.4. The minimum absolute atomic E-state index is 0.378. The van der Waals surface area contributed by atoms with E-state index in [2.05, 4.69) is 9.47 Å². The van der Waals surface area contributed by atoms with Crippen molar-refractivity contribution in [1.82, 2.24) is 0 Å². The van der Waals surface area contributed by atoms with E-state index in [0.29, 0.717) is 6.42 Å². The molecule has 0 aromatic rings. The van der Waals surface area contributed by atoms with Crippen LogP contribution in [0.2, 0.25) is 0 Å². The number of ether oxygens (including phenoxy) is 2. The van der Waals surface area contributed by atoms with Gasteiger partial charge in [0.05, 0.1) is 5.92 Å². The predicted octanol–water partition coefficient (Wildman–Crippen LogP) is 3.04. The van der Waals surface area contributed by atoms with Crippen molar-refractivity contribution in [3.63, 3.8) is 0 Å². The van der Waals surface area contributed by atoms with Gasteiger partial charge in [-0.15, -0.1) is 0 Å². The molecule has 0 radical (unpaired) electrons. The van der Waals surface area contributed by atoms with E-state index in [4.69, 9.17) is 0 Å². The van der Waals surface area contributed by atoms with Crippen LogP contribution < -0.4 is 0 Å². The molecular formula is C12H16F6O4. The second kappa shape index (κ2) is 7.19. The minimum atomic E-state index is -5.70. The molecule has 0 saturated heterocycles. The number of rotatable bonds is 8. The van der Waals surface area contributed by atoms with Crippen LogP contribution in [-0.2, 0) is 19.1 Å². The van der Waals surface area contributed by atoms with Crippen LogP contribution in [0.3, 0.4) is 0 Å². The van der Waals surface area contributed by atoms with Crippen LogP contribution in [0.15, 0.2) is 0 Å². The lowest BCUT2D eigenvalue weighted by Gasteiger charge is -2.30. The van der Waals surface area contributed by atoms with Gasteiger partial charge in [-0.3, -0.25) is 4.79 Å². The van der Waals surface area contributed by atoms with Crippen molar-refractivity contribution in [2.24, 2.45) is 5.92 Å². The smallest absolute Gasteiger partial charge is 0.375 e. The van der Waals surface area contributed by atoms with E-state index in [0.717, 1.165) is 0 Å². The quantitative estimate of drug-likeness (QED) is 0.504. The van der Waals surface area contributed by atoms with Gasteiger partial charge in [0.25, 0.3) is 0 Å². The number of alkyl halides is 6. The minimum Gasteiger partial charge on any atom is -0.456 e. The fourth-order valence-electron chi connectivity index (χ4n) is 1.06. The van der Waals surface area contributed by atoms with Gasteiger partial charge in [-0.2, -0.15) is 26.3 Å². The van der Waals surface area contributed by atoms with Crippen molar-refractivity contribution in [1.29, 1.82) is 0 Å². The maximum Gasteiger partial charge on any atom is 0.375 e. The molecule has 22 heavy (non-hydrogen) atoms. The monoisotopic (exact) mass is 338 g/mol. The van der Waals surface area contributed by atoms with E-state index in [1.165, 1.54) is 6.92 Å². The molecule has 10 heteroatoms. The van der Waals surface area contributed by atoms with Crippen LogP contribution in [0.4, 0.5) is 26.3 Å². The Morgan fingerprint density at radius 3 is 1.95 bits per heavy atom. The van der Waals surface area contributed by atoms with Crippen molar-refractivity contribution in [2.45, 2.75) is 45.0 Å². The molecule has 0 heterocycles. The second-order valence-corrected chi connectivity index (χ2v) is 4.74. The summed E-state index contributed by atoms with van der Waals surface area (Å²) in [7, 11) is 0. The fraction of sp³-hybridized carbons (Fsp3) is 0.833. The summed E-state index contributed by atoms with van der Waals surface area (Å²) in [5, 5.41) is 0. The second-order valence-electron chi connectivity index (χ2n) is 4.74.